The summed E-state index contributed by atoms with van der Waals surface area (Å²) in [5, 5.41) is 13.7. The smallest absolute Gasteiger partial charge is 0.411 e. The number of rotatable bonds is 11. The Morgan fingerprint density at radius 1 is 1.11 bits per heavy atom. The first kappa shape index (κ1) is 25.8. The molecule has 0 unspecified atom stereocenters. The lowest BCUT2D eigenvalue weighted by atomic mass is 10.1. The number of aromatic nitrogens is 2. The van der Waals surface area contributed by atoms with E-state index >= 15 is 0 Å². The first-order valence-electron chi connectivity index (χ1n) is 11.8. The van der Waals surface area contributed by atoms with Crippen molar-refractivity contribution < 1.29 is 14.5 Å². The van der Waals surface area contributed by atoms with Gasteiger partial charge in [0.05, 0.1) is 34.6 Å². The molecule has 2 aromatic carbocycles. The molecule has 1 N–H and O–H groups in total. The van der Waals surface area contributed by atoms with Crippen molar-refractivity contribution in [2.75, 3.05) is 50.1 Å². The predicted molar refractivity (Wildman–Crippen MR) is 138 cm³/mol. The largest absolute Gasteiger partial charge is 0.450 e. The van der Waals surface area contributed by atoms with Crippen LogP contribution in [0.25, 0.3) is 22.3 Å². The molecule has 1 heterocycles. The van der Waals surface area contributed by atoms with E-state index in [1.807, 2.05) is 13.1 Å². The standard InChI is InChI=1S/C25H32N6O4/c1-5-30(6-2)14-8-13-29(4)23-16-19(27-25(32)35-7-3)15-21-24(23)28-22(17-26-21)18-9-11-20(12-10-18)31(33)34/h9-12,15-17H,5-8,13-14H2,1-4H3,(H,27,32). The first-order chi connectivity index (χ1) is 16.9. The Morgan fingerprint density at radius 2 is 1.83 bits per heavy atom. The van der Waals surface area contributed by atoms with Gasteiger partial charge in [-0.05, 0) is 57.2 Å². The average Bonchev–Trinajstić information content (AvgIpc) is 2.86. The van der Waals surface area contributed by atoms with Gasteiger partial charge < -0.3 is 14.5 Å². The van der Waals surface area contributed by atoms with Gasteiger partial charge in [-0.3, -0.25) is 20.4 Å². The molecule has 186 valence electrons. The van der Waals surface area contributed by atoms with Gasteiger partial charge in [-0.2, -0.15) is 0 Å². The predicted octanol–water partition coefficient (Wildman–Crippen LogP) is 4.94. The summed E-state index contributed by atoms with van der Waals surface area (Å²) in [5.41, 5.74) is 4.05. The van der Waals surface area contributed by atoms with E-state index < -0.39 is 11.0 Å². The molecule has 0 spiro atoms. The lowest BCUT2D eigenvalue weighted by Crippen LogP contribution is -2.28. The number of carbonyl (C=O) groups is 1. The fourth-order valence-electron chi connectivity index (χ4n) is 3.83. The van der Waals surface area contributed by atoms with Crippen LogP contribution in [0.2, 0.25) is 0 Å². The zero-order chi connectivity index (χ0) is 25.4. The van der Waals surface area contributed by atoms with Crippen LogP contribution in [-0.4, -0.2) is 65.7 Å². The summed E-state index contributed by atoms with van der Waals surface area (Å²) in [7, 11) is 1.99. The van der Waals surface area contributed by atoms with Gasteiger partial charge in [0.15, 0.2) is 0 Å². The maximum atomic E-state index is 12.0. The molecule has 10 heteroatoms. The fraction of sp³-hybridized carbons (Fsp3) is 0.400. The van der Waals surface area contributed by atoms with Gasteiger partial charge in [0, 0.05) is 37.0 Å². The SMILES string of the molecule is CCOC(=O)Nc1cc(N(C)CCCN(CC)CC)c2nc(-c3ccc([N+](=O)[O-])cc3)cnc2c1. The quantitative estimate of drug-likeness (QED) is 0.303. The Balaban J connectivity index is 1.97. The van der Waals surface area contributed by atoms with Crippen molar-refractivity contribution >= 4 is 34.2 Å². The summed E-state index contributed by atoms with van der Waals surface area (Å²) in [6.07, 6.45) is 2.06. The van der Waals surface area contributed by atoms with Crippen LogP contribution in [0.15, 0.2) is 42.6 Å². The van der Waals surface area contributed by atoms with Gasteiger partial charge in [0.2, 0.25) is 0 Å². The van der Waals surface area contributed by atoms with E-state index in [2.05, 4.69) is 33.9 Å². The number of amides is 1. The number of nitro groups is 1. The third kappa shape index (κ3) is 6.63. The van der Waals surface area contributed by atoms with Crippen LogP contribution in [0, 0.1) is 10.1 Å². The molecule has 35 heavy (non-hydrogen) atoms. The highest BCUT2D eigenvalue weighted by Gasteiger charge is 2.15. The van der Waals surface area contributed by atoms with Gasteiger partial charge in [-0.1, -0.05) is 13.8 Å². The van der Waals surface area contributed by atoms with Crippen molar-refractivity contribution in [2.24, 2.45) is 0 Å². The molecule has 0 atom stereocenters. The minimum atomic E-state index is -0.530. The van der Waals surface area contributed by atoms with Crippen LogP contribution in [0.5, 0.6) is 0 Å². The molecule has 0 bridgehead atoms. The van der Waals surface area contributed by atoms with Crippen molar-refractivity contribution in [3.63, 3.8) is 0 Å². The molecule has 0 radical (unpaired) electrons. The molecule has 0 aliphatic carbocycles. The summed E-state index contributed by atoms with van der Waals surface area (Å²) in [4.78, 5) is 36.5. The van der Waals surface area contributed by atoms with E-state index in [9.17, 15) is 14.9 Å². The third-order valence-electron chi connectivity index (χ3n) is 5.80. The van der Waals surface area contributed by atoms with Gasteiger partial charge in [0.25, 0.3) is 5.69 Å². The Hall–Kier alpha value is -3.79. The highest BCUT2D eigenvalue weighted by atomic mass is 16.6. The Kier molecular flexibility index (Phi) is 8.91. The number of nitrogens with zero attached hydrogens (tertiary/aromatic N) is 5. The minimum Gasteiger partial charge on any atom is -0.450 e. The van der Waals surface area contributed by atoms with Gasteiger partial charge in [-0.15, -0.1) is 0 Å². The molecular weight excluding hydrogens is 448 g/mol. The lowest BCUT2D eigenvalue weighted by Gasteiger charge is -2.24. The van der Waals surface area contributed by atoms with E-state index in [0.29, 0.717) is 22.4 Å². The van der Waals surface area contributed by atoms with Crippen molar-refractivity contribution in [2.45, 2.75) is 27.2 Å². The van der Waals surface area contributed by atoms with Gasteiger partial charge in [-0.25, -0.2) is 9.78 Å². The van der Waals surface area contributed by atoms with Crippen LogP contribution in [0.4, 0.5) is 21.9 Å². The van der Waals surface area contributed by atoms with Crippen molar-refractivity contribution in [1.29, 1.82) is 0 Å². The van der Waals surface area contributed by atoms with Gasteiger partial charge in [0.1, 0.15) is 5.52 Å². The zero-order valence-electron chi connectivity index (χ0n) is 20.7. The highest BCUT2D eigenvalue weighted by molar-refractivity contribution is 5.96. The van der Waals surface area contributed by atoms with E-state index in [1.165, 1.54) is 12.1 Å². The molecule has 0 aliphatic rings. The number of hydrogen-bond acceptors (Lipinski definition) is 8. The summed E-state index contributed by atoms with van der Waals surface area (Å²) >= 11 is 0. The second-order valence-electron chi connectivity index (χ2n) is 8.07. The number of nitrogens with one attached hydrogen (secondary N) is 1. The lowest BCUT2D eigenvalue weighted by molar-refractivity contribution is -0.384. The van der Waals surface area contributed by atoms with Crippen LogP contribution in [0.3, 0.4) is 0 Å². The van der Waals surface area contributed by atoms with Crippen LogP contribution in [-0.2, 0) is 4.74 Å². The molecule has 3 aromatic rings. The molecule has 0 fully saturated rings. The van der Waals surface area contributed by atoms with Crippen LogP contribution >= 0.6 is 0 Å². The summed E-state index contributed by atoms with van der Waals surface area (Å²) in [6, 6.07) is 9.86. The number of non-ortho nitro benzene ring substituents is 1. The fourth-order valence-corrected chi connectivity index (χ4v) is 3.83. The number of nitro benzene ring substituents is 1. The van der Waals surface area contributed by atoms with Crippen molar-refractivity contribution in [3.8, 4) is 11.3 Å². The molecule has 3 rings (SSSR count). The molecule has 0 saturated carbocycles. The van der Waals surface area contributed by atoms with E-state index in [0.717, 1.165) is 43.9 Å². The second kappa shape index (κ2) is 12.1. The van der Waals surface area contributed by atoms with E-state index in [1.54, 1.807) is 31.3 Å². The molecule has 1 amide bonds. The second-order valence-corrected chi connectivity index (χ2v) is 8.07. The Morgan fingerprint density at radius 3 is 2.46 bits per heavy atom. The molecule has 0 saturated heterocycles. The van der Waals surface area contributed by atoms with Gasteiger partial charge >= 0.3 is 6.09 Å². The number of carbonyl (C=O) groups excluding carboxylic acids is 1. The molecule has 1 aromatic heterocycles. The molecular formula is C25H32N6O4. The first-order valence-corrected chi connectivity index (χ1v) is 11.8. The average molecular weight is 481 g/mol. The van der Waals surface area contributed by atoms with Crippen LogP contribution in [0.1, 0.15) is 27.2 Å². The summed E-state index contributed by atoms with van der Waals surface area (Å²) in [6.45, 7) is 10.1. The number of ether oxygens (including phenoxy) is 1. The van der Waals surface area contributed by atoms with E-state index in [-0.39, 0.29) is 12.3 Å². The topological polar surface area (TPSA) is 114 Å². The zero-order valence-corrected chi connectivity index (χ0v) is 20.7. The maximum Gasteiger partial charge on any atom is 0.411 e. The molecule has 0 aliphatic heterocycles. The Labute approximate surface area is 205 Å². The number of hydrogen-bond donors (Lipinski definition) is 1. The monoisotopic (exact) mass is 480 g/mol. The number of benzene rings is 2. The van der Waals surface area contributed by atoms with Crippen molar-refractivity contribution in [1.82, 2.24) is 14.9 Å². The third-order valence-corrected chi connectivity index (χ3v) is 5.80. The molecule has 10 nitrogen and oxygen atoms in total. The van der Waals surface area contributed by atoms with Crippen LogP contribution < -0.4 is 10.2 Å². The van der Waals surface area contributed by atoms with Crippen molar-refractivity contribution in [3.05, 3.63) is 52.7 Å². The Bertz CT molecular complexity index is 1160. The maximum absolute atomic E-state index is 12.0. The number of fused-ring (bicyclic) bond motifs is 1. The number of anilines is 2. The van der Waals surface area contributed by atoms with E-state index in [4.69, 9.17) is 9.72 Å². The summed E-state index contributed by atoms with van der Waals surface area (Å²) in [5.74, 6) is 0. The minimum absolute atomic E-state index is 0.0193. The highest BCUT2D eigenvalue weighted by Crippen LogP contribution is 2.31. The summed E-state index contributed by atoms with van der Waals surface area (Å²) < 4.78 is 5.02. The normalized spacial score (nSPS) is 11.0.